The zero-order valence-corrected chi connectivity index (χ0v) is 22.3. The molecule has 0 atom stereocenters. The van der Waals surface area contributed by atoms with Gasteiger partial charge in [-0.1, -0.05) is 12.0 Å². The van der Waals surface area contributed by atoms with E-state index in [0.29, 0.717) is 34.3 Å². The van der Waals surface area contributed by atoms with Crippen LogP contribution in [0.25, 0.3) is 10.9 Å². The molecule has 0 saturated heterocycles. The predicted molar refractivity (Wildman–Crippen MR) is 148 cm³/mol. The molecule has 1 heterocycles. The highest BCUT2D eigenvalue weighted by Crippen LogP contribution is 2.32. The average molecular weight is 542 g/mol. The molecule has 1 saturated carbocycles. The van der Waals surface area contributed by atoms with Gasteiger partial charge in [0.1, 0.15) is 12.3 Å². The average Bonchev–Trinajstić information content (AvgIpc) is 3.27. The number of methoxy groups -OCH3 is 1. The highest BCUT2D eigenvalue weighted by molar-refractivity contribution is 5.95. The molecule has 0 bridgehead atoms. The van der Waals surface area contributed by atoms with Crippen molar-refractivity contribution in [1.82, 2.24) is 15.2 Å². The number of hydrogen-bond acceptors (Lipinski definition) is 5. The van der Waals surface area contributed by atoms with Gasteiger partial charge in [-0.05, 0) is 75.0 Å². The Morgan fingerprint density at radius 3 is 2.46 bits per heavy atom. The van der Waals surface area contributed by atoms with Crippen molar-refractivity contribution in [2.75, 3.05) is 38.4 Å². The van der Waals surface area contributed by atoms with Gasteiger partial charge in [-0.25, -0.2) is 0 Å². The van der Waals surface area contributed by atoms with Gasteiger partial charge < -0.3 is 30.6 Å². The SMILES string of the molecule is CNC(=O)c1ccc(NCC#Cc2cc3c(N[C@H]4CC[C@H](NC)CC4)cccc3n2CC(F)(F)F)c(OC)c1. The first kappa shape index (κ1) is 28.2. The zero-order valence-electron chi connectivity index (χ0n) is 22.3. The van der Waals surface area contributed by atoms with Gasteiger partial charge in [0.25, 0.3) is 5.91 Å². The first-order valence-corrected chi connectivity index (χ1v) is 13.0. The summed E-state index contributed by atoms with van der Waals surface area (Å²) < 4.78 is 47.2. The van der Waals surface area contributed by atoms with E-state index in [1.165, 1.54) is 11.7 Å². The third-order valence-corrected chi connectivity index (χ3v) is 7.05. The van der Waals surface area contributed by atoms with Crippen molar-refractivity contribution >= 4 is 28.2 Å². The molecule has 7 nitrogen and oxygen atoms in total. The first-order valence-electron chi connectivity index (χ1n) is 13.0. The second kappa shape index (κ2) is 12.3. The molecule has 1 aliphatic carbocycles. The molecule has 0 spiro atoms. The lowest BCUT2D eigenvalue weighted by molar-refractivity contribution is -0.140. The lowest BCUT2D eigenvalue weighted by atomic mass is 9.91. The van der Waals surface area contributed by atoms with Gasteiger partial charge in [0.15, 0.2) is 0 Å². The van der Waals surface area contributed by atoms with E-state index in [9.17, 15) is 18.0 Å². The molecule has 1 fully saturated rings. The van der Waals surface area contributed by atoms with E-state index >= 15 is 0 Å². The smallest absolute Gasteiger partial charge is 0.406 e. The standard InChI is InChI=1S/C29H34F3N5O2/c1-33-20-10-12-21(13-11-20)36-24-7-4-8-26-23(24)17-22(37(26)18-29(30,31)32)6-5-15-35-25-14-9-19(28(38)34-2)16-27(25)39-3/h4,7-9,14,16-17,20-21,33,35-36H,10-13,15,18H2,1-3H3,(H,34,38)/t20-,21-. The van der Waals surface area contributed by atoms with Crippen molar-refractivity contribution in [3.63, 3.8) is 0 Å². The number of fused-ring (bicyclic) bond motifs is 1. The van der Waals surface area contributed by atoms with Gasteiger partial charge in [0.05, 0.1) is 30.6 Å². The molecule has 39 heavy (non-hydrogen) atoms. The summed E-state index contributed by atoms with van der Waals surface area (Å²) in [5, 5.41) is 13.3. The number of benzene rings is 2. The van der Waals surface area contributed by atoms with Gasteiger partial charge in [0.2, 0.25) is 0 Å². The van der Waals surface area contributed by atoms with Crippen LogP contribution in [0.2, 0.25) is 0 Å². The minimum Gasteiger partial charge on any atom is -0.495 e. The van der Waals surface area contributed by atoms with Crippen molar-refractivity contribution in [2.45, 2.75) is 50.5 Å². The molecule has 4 N–H and O–H groups in total. The lowest BCUT2D eigenvalue weighted by Gasteiger charge is -2.29. The molecule has 1 amide bonds. The van der Waals surface area contributed by atoms with E-state index < -0.39 is 12.7 Å². The molecule has 0 aliphatic heterocycles. The molecule has 208 valence electrons. The highest BCUT2D eigenvalue weighted by Gasteiger charge is 2.30. The quantitative estimate of drug-likeness (QED) is 0.303. The summed E-state index contributed by atoms with van der Waals surface area (Å²) in [7, 11) is 5.01. The van der Waals surface area contributed by atoms with Crippen LogP contribution in [-0.4, -0.2) is 56.5 Å². The fourth-order valence-corrected chi connectivity index (χ4v) is 5.01. The highest BCUT2D eigenvalue weighted by atomic mass is 19.4. The number of carbonyl (C=O) groups is 1. The second-order valence-corrected chi connectivity index (χ2v) is 9.60. The number of aromatic nitrogens is 1. The molecule has 0 radical (unpaired) electrons. The number of alkyl halides is 3. The number of anilines is 2. The van der Waals surface area contributed by atoms with Gasteiger partial charge in [-0.15, -0.1) is 0 Å². The van der Waals surface area contributed by atoms with Crippen LogP contribution in [0.1, 0.15) is 41.7 Å². The number of amides is 1. The summed E-state index contributed by atoms with van der Waals surface area (Å²) in [6.45, 7) is -0.956. The summed E-state index contributed by atoms with van der Waals surface area (Å²) in [6, 6.07) is 12.9. The maximum atomic E-state index is 13.5. The van der Waals surface area contributed by atoms with Gasteiger partial charge in [-0.2, -0.15) is 13.2 Å². The predicted octanol–water partition coefficient (Wildman–Crippen LogP) is 4.98. The molecule has 10 heteroatoms. The van der Waals surface area contributed by atoms with Crippen LogP contribution in [-0.2, 0) is 6.54 Å². The van der Waals surface area contributed by atoms with Gasteiger partial charge in [-0.3, -0.25) is 4.79 Å². The Labute approximate surface area is 226 Å². The Kier molecular flexibility index (Phi) is 8.92. The first-order chi connectivity index (χ1) is 18.7. The van der Waals surface area contributed by atoms with Crippen molar-refractivity contribution in [3.05, 3.63) is 53.7 Å². The number of rotatable bonds is 8. The fraction of sp³-hybridized carbons (Fsp3) is 0.414. The van der Waals surface area contributed by atoms with E-state index in [4.69, 9.17) is 4.74 Å². The molecular formula is C29H34F3N5O2. The van der Waals surface area contributed by atoms with Crippen LogP contribution in [0.5, 0.6) is 5.75 Å². The van der Waals surface area contributed by atoms with Crippen molar-refractivity contribution in [1.29, 1.82) is 0 Å². The van der Waals surface area contributed by atoms with Crippen molar-refractivity contribution in [2.24, 2.45) is 0 Å². The Morgan fingerprint density at radius 2 is 1.79 bits per heavy atom. The molecule has 1 aliphatic rings. The van der Waals surface area contributed by atoms with Crippen LogP contribution < -0.4 is 26.0 Å². The van der Waals surface area contributed by atoms with E-state index in [1.807, 2.05) is 13.1 Å². The lowest BCUT2D eigenvalue weighted by Crippen LogP contribution is -2.34. The van der Waals surface area contributed by atoms with Crippen LogP contribution in [0.3, 0.4) is 0 Å². The largest absolute Gasteiger partial charge is 0.495 e. The fourth-order valence-electron chi connectivity index (χ4n) is 5.01. The monoisotopic (exact) mass is 541 g/mol. The van der Waals surface area contributed by atoms with E-state index in [1.54, 1.807) is 43.4 Å². The number of halogens is 3. The number of nitrogens with zero attached hydrogens (tertiary/aromatic N) is 1. The molecule has 3 aromatic rings. The number of carbonyl (C=O) groups excluding carboxylic acids is 1. The van der Waals surface area contributed by atoms with Crippen molar-refractivity contribution in [3.8, 4) is 17.6 Å². The summed E-state index contributed by atoms with van der Waals surface area (Å²) >= 11 is 0. The topological polar surface area (TPSA) is 79.4 Å². The summed E-state index contributed by atoms with van der Waals surface area (Å²) in [6.07, 6.45) is -0.284. The minimum atomic E-state index is -4.39. The summed E-state index contributed by atoms with van der Waals surface area (Å²) in [5.41, 5.74) is 2.67. The van der Waals surface area contributed by atoms with Crippen LogP contribution >= 0.6 is 0 Å². The van der Waals surface area contributed by atoms with Crippen molar-refractivity contribution < 1.29 is 22.7 Å². The van der Waals surface area contributed by atoms with Crippen LogP contribution in [0, 0.1) is 11.8 Å². The Bertz CT molecular complexity index is 1360. The Hall–Kier alpha value is -3.84. The summed E-state index contributed by atoms with van der Waals surface area (Å²) in [4.78, 5) is 11.9. The minimum absolute atomic E-state index is 0.170. The summed E-state index contributed by atoms with van der Waals surface area (Å²) in [5.74, 6) is 6.09. The normalized spacial score (nSPS) is 17.3. The Balaban J connectivity index is 1.56. The molecule has 2 aromatic carbocycles. The zero-order chi connectivity index (χ0) is 28.0. The van der Waals surface area contributed by atoms with E-state index in [0.717, 1.165) is 36.8 Å². The van der Waals surface area contributed by atoms with Gasteiger partial charge in [0, 0.05) is 35.8 Å². The Morgan fingerprint density at radius 1 is 1.05 bits per heavy atom. The van der Waals surface area contributed by atoms with E-state index in [-0.39, 0.29) is 18.5 Å². The molecular weight excluding hydrogens is 507 g/mol. The van der Waals surface area contributed by atoms with E-state index in [2.05, 4.69) is 33.1 Å². The number of ether oxygens (including phenoxy) is 1. The molecule has 1 aromatic heterocycles. The number of nitrogens with one attached hydrogen (secondary N) is 4. The third-order valence-electron chi connectivity index (χ3n) is 7.05. The molecule has 4 rings (SSSR count). The maximum absolute atomic E-state index is 13.5. The maximum Gasteiger partial charge on any atom is 0.406 e. The van der Waals surface area contributed by atoms with Crippen LogP contribution in [0.4, 0.5) is 24.5 Å². The number of hydrogen-bond donors (Lipinski definition) is 4. The molecule has 0 unspecified atom stereocenters. The second-order valence-electron chi connectivity index (χ2n) is 9.60. The van der Waals surface area contributed by atoms with Crippen LogP contribution in [0.15, 0.2) is 42.5 Å². The third kappa shape index (κ3) is 6.98. The van der Waals surface area contributed by atoms with Gasteiger partial charge >= 0.3 is 6.18 Å².